The van der Waals surface area contributed by atoms with Gasteiger partial charge in [-0.1, -0.05) is 0 Å². The number of benzene rings is 1. The van der Waals surface area contributed by atoms with Crippen molar-refractivity contribution in [3.05, 3.63) is 24.5 Å². The first-order chi connectivity index (χ1) is 9.65. The summed E-state index contributed by atoms with van der Waals surface area (Å²) in [7, 11) is 4.31. The topological polar surface area (TPSA) is 58.3 Å². The molecule has 1 aromatic carbocycles. The number of nitrogens with zero attached hydrogens (tertiary/aromatic N) is 4. The van der Waals surface area contributed by atoms with Crippen LogP contribution >= 0.6 is 0 Å². The molecule has 0 amide bonds. The second-order valence-corrected chi connectivity index (χ2v) is 5.62. The molecule has 0 unspecified atom stereocenters. The predicted molar refractivity (Wildman–Crippen MR) is 82.9 cm³/mol. The van der Waals surface area contributed by atoms with E-state index in [0.29, 0.717) is 6.04 Å². The van der Waals surface area contributed by atoms with Gasteiger partial charge >= 0.3 is 0 Å². The summed E-state index contributed by atoms with van der Waals surface area (Å²) >= 11 is 0. The summed E-state index contributed by atoms with van der Waals surface area (Å²) in [6.07, 6.45) is 3.98. The molecule has 1 fully saturated rings. The van der Waals surface area contributed by atoms with Crippen LogP contribution in [0.3, 0.4) is 0 Å². The van der Waals surface area contributed by atoms with E-state index in [0.717, 1.165) is 35.5 Å². The molecule has 1 aromatic heterocycles. The number of nitrogens with two attached hydrogens (primary N) is 1. The van der Waals surface area contributed by atoms with Crippen molar-refractivity contribution in [2.24, 2.45) is 0 Å². The van der Waals surface area contributed by atoms with E-state index >= 15 is 0 Å². The molecule has 5 heteroatoms. The van der Waals surface area contributed by atoms with Gasteiger partial charge in [0.2, 0.25) is 0 Å². The van der Waals surface area contributed by atoms with Gasteiger partial charge in [-0.05, 0) is 51.2 Å². The summed E-state index contributed by atoms with van der Waals surface area (Å²) < 4.78 is 0. The molecule has 2 heterocycles. The maximum atomic E-state index is 5.83. The molecular weight excluding hydrogens is 250 g/mol. The third-order valence-corrected chi connectivity index (χ3v) is 4.21. The summed E-state index contributed by atoms with van der Waals surface area (Å²) in [6.45, 7) is 2.29. The average Bonchev–Trinajstić information content (AvgIpc) is 2.46. The van der Waals surface area contributed by atoms with Gasteiger partial charge in [0.15, 0.2) is 0 Å². The second kappa shape index (κ2) is 5.25. The SMILES string of the molecule is CN1CCC(N(C)c2ncnc3cc(N)ccc23)CC1. The Morgan fingerprint density at radius 3 is 2.75 bits per heavy atom. The fraction of sp³-hybridized carbons (Fsp3) is 0.467. The van der Waals surface area contributed by atoms with Crippen LogP contribution < -0.4 is 10.6 Å². The Morgan fingerprint density at radius 1 is 1.25 bits per heavy atom. The normalized spacial score (nSPS) is 17.5. The van der Waals surface area contributed by atoms with Crippen LogP contribution in [-0.2, 0) is 0 Å². The molecule has 0 bridgehead atoms. The van der Waals surface area contributed by atoms with E-state index in [2.05, 4.69) is 33.9 Å². The average molecular weight is 271 g/mol. The van der Waals surface area contributed by atoms with Crippen molar-refractivity contribution in [3.8, 4) is 0 Å². The molecule has 0 aliphatic carbocycles. The van der Waals surface area contributed by atoms with Gasteiger partial charge in [0.05, 0.1) is 5.52 Å². The monoisotopic (exact) mass is 271 g/mol. The number of aromatic nitrogens is 2. The molecule has 2 aromatic rings. The van der Waals surface area contributed by atoms with Gasteiger partial charge in [0, 0.05) is 24.2 Å². The molecule has 0 atom stereocenters. The Morgan fingerprint density at radius 2 is 2.00 bits per heavy atom. The van der Waals surface area contributed by atoms with Gasteiger partial charge in [-0.15, -0.1) is 0 Å². The van der Waals surface area contributed by atoms with Crippen molar-refractivity contribution >= 4 is 22.4 Å². The van der Waals surface area contributed by atoms with Crippen molar-refractivity contribution in [1.82, 2.24) is 14.9 Å². The molecule has 0 radical (unpaired) electrons. The maximum absolute atomic E-state index is 5.83. The standard InChI is InChI=1S/C15H21N5/c1-19-7-5-12(6-8-19)20(2)15-13-4-3-11(16)9-14(13)17-10-18-15/h3-4,9-10,12H,5-8,16H2,1-2H3. The molecule has 1 aliphatic rings. The van der Waals surface area contributed by atoms with Gasteiger partial charge in [0.1, 0.15) is 12.1 Å². The van der Waals surface area contributed by atoms with Crippen molar-refractivity contribution < 1.29 is 0 Å². The number of likely N-dealkylation sites (tertiary alicyclic amines) is 1. The Hall–Kier alpha value is -1.88. The first-order valence-electron chi connectivity index (χ1n) is 7.07. The van der Waals surface area contributed by atoms with Crippen LogP contribution in [0.5, 0.6) is 0 Å². The number of hydrogen-bond donors (Lipinski definition) is 1. The predicted octanol–water partition coefficient (Wildman–Crippen LogP) is 1.74. The highest BCUT2D eigenvalue weighted by Crippen LogP contribution is 2.27. The minimum Gasteiger partial charge on any atom is -0.399 e. The van der Waals surface area contributed by atoms with Crippen molar-refractivity contribution in [3.63, 3.8) is 0 Å². The number of anilines is 2. The van der Waals surface area contributed by atoms with Crippen LogP contribution in [0.4, 0.5) is 11.5 Å². The lowest BCUT2D eigenvalue weighted by molar-refractivity contribution is 0.252. The van der Waals surface area contributed by atoms with Crippen LogP contribution in [-0.4, -0.2) is 48.1 Å². The van der Waals surface area contributed by atoms with Crippen molar-refractivity contribution in [1.29, 1.82) is 0 Å². The third-order valence-electron chi connectivity index (χ3n) is 4.21. The molecule has 1 saturated heterocycles. The summed E-state index contributed by atoms with van der Waals surface area (Å²) in [5.74, 6) is 1.00. The Balaban J connectivity index is 1.93. The van der Waals surface area contributed by atoms with E-state index in [1.54, 1.807) is 6.33 Å². The summed E-state index contributed by atoms with van der Waals surface area (Å²) in [5.41, 5.74) is 7.48. The first kappa shape index (κ1) is 13.1. The van der Waals surface area contributed by atoms with E-state index in [-0.39, 0.29) is 0 Å². The van der Waals surface area contributed by atoms with E-state index in [1.165, 1.54) is 12.8 Å². The Bertz CT molecular complexity index is 604. The van der Waals surface area contributed by atoms with E-state index in [9.17, 15) is 0 Å². The third kappa shape index (κ3) is 2.41. The Labute approximate surface area is 119 Å². The lowest BCUT2D eigenvalue weighted by Gasteiger charge is -2.36. The maximum Gasteiger partial charge on any atom is 0.139 e. The van der Waals surface area contributed by atoms with E-state index in [4.69, 9.17) is 5.73 Å². The van der Waals surface area contributed by atoms with Crippen LogP contribution in [0, 0.1) is 0 Å². The first-order valence-corrected chi connectivity index (χ1v) is 7.07. The second-order valence-electron chi connectivity index (χ2n) is 5.62. The fourth-order valence-corrected chi connectivity index (χ4v) is 2.90. The van der Waals surface area contributed by atoms with Gasteiger partial charge in [0.25, 0.3) is 0 Å². The molecule has 0 spiro atoms. The molecule has 2 N–H and O–H groups in total. The zero-order valence-electron chi connectivity index (χ0n) is 12.1. The molecule has 0 saturated carbocycles. The number of fused-ring (bicyclic) bond motifs is 1. The van der Waals surface area contributed by atoms with E-state index in [1.807, 2.05) is 18.2 Å². The van der Waals surface area contributed by atoms with Crippen molar-refractivity contribution in [2.75, 3.05) is 37.8 Å². The molecular formula is C15H21N5. The van der Waals surface area contributed by atoms with Crippen LogP contribution in [0.2, 0.25) is 0 Å². The molecule has 3 rings (SSSR count). The highest BCUT2D eigenvalue weighted by atomic mass is 15.2. The number of piperidine rings is 1. The summed E-state index contributed by atoms with van der Waals surface area (Å²) in [6, 6.07) is 6.38. The van der Waals surface area contributed by atoms with Gasteiger partial charge in [-0.25, -0.2) is 9.97 Å². The van der Waals surface area contributed by atoms with E-state index < -0.39 is 0 Å². The number of hydrogen-bond acceptors (Lipinski definition) is 5. The highest BCUT2D eigenvalue weighted by molar-refractivity contribution is 5.91. The number of rotatable bonds is 2. The van der Waals surface area contributed by atoms with Crippen LogP contribution in [0.25, 0.3) is 10.9 Å². The Kier molecular flexibility index (Phi) is 3.44. The van der Waals surface area contributed by atoms with Gasteiger partial charge < -0.3 is 15.5 Å². The highest BCUT2D eigenvalue weighted by Gasteiger charge is 2.22. The quantitative estimate of drug-likeness (QED) is 0.843. The van der Waals surface area contributed by atoms with Gasteiger partial charge in [-0.2, -0.15) is 0 Å². The zero-order valence-corrected chi connectivity index (χ0v) is 12.1. The smallest absolute Gasteiger partial charge is 0.139 e. The largest absolute Gasteiger partial charge is 0.399 e. The minimum atomic E-state index is 0.543. The summed E-state index contributed by atoms with van der Waals surface area (Å²) in [5, 5.41) is 1.07. The molecule has 20 heavy (non-hydrogen) atoms. The lowest BCUT2D eigenvalue weighted by Crippen LogP contribution is -2.42. The molecule has 5 nitrogen and oxygen atoms in total. The summed E-state index contributed by atoms with van der Waals surface area (Å²) in [4.78, 5) is 13.5. The van der Waals surface area contributed by atoms with Crippen LogP contribution in [0.15, 0.2) is 24.5 Å². The zero-order chi connectivity index (χ0) is 14.1. The minimum absolute atomic E-state index is 0.543. The number of nitrogen functional groups attached to an aromatic ring is 1. The van der Waals surface area contributed by atoms with Gasteiger partial charge in [-0.3, -0.25) is 0 Å². The van der Waals surface area contributed by atoms with Crippen molar-refractivity contribution in [2.45, 2.75) is 18.9 Å². The molecule has 1 aliphatic heterocycles. The fourth-order valence-electron chi connectivity index (χ4n) is 2.90. The molecule has 106 valence electrons. The van der Waals surface area contributed by atoms with Crippen LogP contribution in [0.1, 0.15) is 12.8 Å². The lowest BCUT2D eigenvalue weighted by atomic mass is 10.0.